The van der Waals surface area contributed by atoms with E-state index in [4.69, 9.17) is 20.9 Å². The van der Waals surface area contributed by atoms with Gasteiger partial charge in [-0.15, -0.1) is 0 Å². The van der Waals surface area contributed by atoms with E-state index < -0.39 is 0 Å². The quantitative estimate of drug-likeness (QED) is 0.684. The molecule has 0 spiro atoms. The SMILES string of the molecule is COc1ccccc1NC(=O)N1CCCC1c1nc(-c2ccc(Cl)cc2)no1. The van der Waals surface area contributed by atoms with Crippen LogP contribution in [0.2, 0.25) is 5.02 Å². The summed E-state index contributed by atoms with van der Waals surface area (Å²) in [5.41, 5.74) is 1.43. The standard InChI is InChI=1S/C20H19ClN4O3/c1-27-17-7-3-2-5-15(17)22-20(26)25-12-4-6-16(25)19-23-18(24-28-19)13-8-10-14(21)11-9-13/h2-3,5,7-11,16H,4,6,12H2,1H3,(H,22,26). The first-order chi connectivity index (χ1) is 13.7. The molecule has 2 aromatic carbocycles. The van der Waals surface area contributed by atoms with Gasteiger partial charge in [-0.25, -0.2) is 4.79 Å². The van der Waals surface area contributed by atoms with Gasteiger partial charge in [0.25, 0.3) is 0 Å². The van der Waals surface area contributed by atoms with Crippen molar-refractivity contribution in [2.24, 2.45) is 0 Å². The molecule has 1 fully saturated rings. The molecule has 2 amide bonds. The van der Waals surface area contributed by atoms with Crippen LogP contribution >= 0.6 is 11.6 Å². The zero-order valence-corrected chi connectivity index (χ0v) is 16.0. The highest BCUT2D eigenvalue weighted by Crippen LogP contribution is 2.33. The third-order valence-corrected chi connectivity index (χ3v) is 4.94. The van der Waals surface area contributed by atoms with E-state index in [0.29, 0.717) is 34.7 Å². The molecule has 0 radical (unpaired) electrons. The second-order valence-corrected chi connectivity index (χ2v) is 6.88. The molecule has 1 saturated heterocycles. The fourth-order valence-corrected chi connectivity index (χ4v) is 3.41. The number of rotatable bonds is 4. The fourth-order valence-electron chi connectivity index (χ4n) is 3.29. The Kier molecular flexibility index (Phi) is 5.16. The zero-order valence-electron chi connectivity index (χ0n) is 15.3. The van der Waals surface area contributed by atoms with Gasteiger partial charge in [0, 0.05) is 17.1 Å². The molecule has 1 atom stereocenters. The summed E-state index contributed by atoms with van der Waals surface area (Å²) in [6, 6.07) is 14.0. The largest absolute Gasteiger partial charge is 0.495 e. The predicted octanol–water partition coefficient (Wildman–Crippen LogP) is 4.77. The van der Waals surface area contributed by atoms with Crippen LogP contribution < -0.4 is 10.1 Å². The number of amides is 2. The van der Waals surface area contributed by atoms with E-state index in [0.717, 1.165) is 18.4 Å². The van der Waals surface area contributed by atoms with Crippen LogP contribution in [0.25, 0.3) is 11.4 Å². The molecule has 4 rings (SSSR count). The smallest absolute Gasteiger partial charge is 0.322 e. The van der Waals surface area contributed by atoms with Gasteiger partial charge in [0.15, 0.2) is 0 Å². The van der Waals surface area contributed by atoms with E-state index in [-0.39, 0.29) is 12.1 Å². The predicted molar refractivity (Wildman–Crippen MR) is 105 cm³/mol. The van der Waals surface area contributed by atoms with Crippen molar-refractivity contribution in [3.05, 3.63) is 59.4 Å². The van der Waals surface area contributed by atoms with Crippen molar-refractivity contribution >= 4 is 23.3 Å². The van der Waals surface area contributed by atoms with Gasteiger partial charge in [-0.05, 0) is 49.2 Å². The Morgan fingerprint density at radius 1 is 1.25 bits per heavy atom. The number of carbonyl (C=O) groups is 1. The van der Waals surface area contributed by atoms with Crippen LogP contribution in [0.3, 0.4) is 0 Å². The molecule has 7 nitrogen and oxygen atoms in total. The van der Waals surface area contributed by atoms with Crippen LogP contribution in [-0.2, 0) is 0 Å². The Hall–Kier alpha value is -3.06. The van der Waals surface area contributed by atoms with Crippen molar-refractivity contribution in [3.8, 4) is 17.1 Å². The summed E-state index contributed by atoms with van der Waals surface area (Å²) < 4.78 is 10.8. The van der Waals surface area contributed by atoms with Gasteiger partial charge in [0.05, 0.1) is 12.8 Å². The number of urea groups is 1. The number of nitrogens with one attached hydrogen (secondary N) is 1. The molecule has 28 heavy (non-hydrogen) atoms. The average molecular weight is 399 g/mol. The van der Waals surface area contributed by atoms with E-state index in [9.17, 15) is 4.79 Å². The summed E-state index contributed by atoms with van der Waals surface area (Å²) in [6.07, 6.45) is 1.63. The third kappa shape index (κ3) is 3.66. The Labute approximate surface area is 167 Å². The van der Waals surface area contributed by atoms with Crippen LogP contribution in [0.5, 0.6) is 5.75 Å². The first-order valence-electron chi connectivity index (χ1n) is 8.96. The van der Waals surface area contributed by atoms with E-state index in [1.54, 1.807) is 36.3 Å². The number of aromatic nitrogens is 2. The summed E-state index contributed by atoms with van der Waals surface area (Å²) in [5, 5.41) is 7.60. The van der Waals surface area contributed by atoms with Crippen molar-refractivity contribution in [3.63, 3.8) is 0 Å². The molecule has 1 aliphatic heterocycles. The van der Waals surface area contributed by atoms with Crippen LogP contribution in [0.15, 0.2) is 53.1 Å². The van der Waals surface area contributed by atoms with Crippen LogP contribution in [0.1, 0.15) is 24.8 Å². The number of carbonyl (C=O) groups excluding carboxylic acids is 1. The lowest BCUT2D eigenvalue weighted by atomic mass is 10.2. The van der Waals surface area contributed by atoms with Crippen molar-refractivity contribution in [2.75, 3.05) is 19.0 Å². The molecule has 2 heterocycles. The van der Waals surface area contributed by atoms with Gasteiger partial charge in [-0.3, -0.25) is 0 Å². The lowest BCUT2D eigenvalue weighted by Gasteiger charge is -2.22. The number of hydrogen-bond acceptors (Lipinski definition) is 5. The number of para-hydroxylation sites is 2. The number of hydrogen-bond donors (Lipinski definition) is 1. The molecule has 3 aromatic rings. The summed E-state index contributed by atoms with van der Waals surface area (Å²) in [4.78, 5) is 19.0. The first-order valence-corrected chi connectivity index (χ1v) is 9.33. The lowest BCUT2D eigenvalue weighted by Crippen LogP contribution is -2.34. The van der Waals surface area contributed by atoms with Crippen LogP contribution in [-0.4, -0.2) is 34.7 Å². The number of benzene rings is 2. The van der Waals surface area contributed by atoms with Gasteiger partial charge < -0.3 is 19.5 Å². The highest BCUT2D eigenvalue weighted by atomic mass is 35.5. The van der Waals surface area contributed by atoms with Crippen molar-refractivity contribution < 1.29 is 14.1 Å². The Bertz CT molecular complexity index is 974. The molecule has 144 valence electrons. The second-order valence-electron chi connectivity index (χ2n) is 6.44. The summed E-state index contributed by atoms with van der Waals surface area (Å²) >= 11 is 5.93. The van der Waals surface area contributed by atoms with Gasteiger partial charge in [-0.1, -0.05) is 28.9 Å². The highest BCUT2D eigenvalue weighted by Gasteiger charge is 2.34. The molecule has 8 heteroatoms. The molecule has 1 aliphatic rings. The molecule has 1 N–H and O–H groups in total. The number of methoxy groups -OCH3 is 1. The Balaban J connectivity index is 1.52. The van der Waals surface area contributed by atoms with Gasteiger partial charge in [0.2, 0.25) is 11.7 Å². The lowest BCUT2D eigenvalue weighted by molar-refractivity contribution is 0.193. The van der Waals surface area contributed by atoms with E-state index in [1.807, 2.05) is 24.3 Å². The molecule has 0 saturated carbocycles. The minimum absolute atomic E-state index is 0.224. The third-order valence-electron chi connectivity index (χ3n) is 4.69. The summed E-state index contributed by atoms with van der Waals surface area (Å²) in [5.74, 6) is 1.51. The van der Waals surface area contributed by atoms with E-state index >= 15 is 0 Å². The number of halogens is 1. The topological polar surface area (TPSA) is 80.5 Å². The molecule has 1 unspecified atom stereocenters. The first kappa shape index (κ1) is 18.3. The van der Waals surface area contributed by atoms with Crippen LogP contribution in [0, 0.1) is 0 Å². The normalized spacial score (nSPS) is 16.2. The number of anilines is 1. The average Bonchev–Trinajstić information content (AvgIpc) is 3.38. The van der Waals surface area contributed by atoms with Crippen molar-refractivity contribution in [1.29, 1.82) is 0 Å². The molecule has 0 aliphatic carbocycles. The van der Waals surface area contributed by atoms with E-state index in [1.165, 1.54) is 0 Å². The molecule has 1 aromatic heterocycles. The fraction of sp³-hybridized carbons (Fsp3) is 0.250. The highest BCUT2D eigenvalue weighted by molar-refractivity contribution is 6.30. The minimum atomic E-state index is -0.261. The van der Waals surface area contributed by atoms with Gasteiger partial charge in [0.1, 0.15) is 11.8 Å². The Morgan fingerprint density at radius 2 is 2.04 bits per heavy atom. The van der Waals surface area contributed by atoms with Gasteiger partial charge in [-0.2, -0.15) is 4.98 Å². The molecule has 0 bridgehead atoms. The monoisotopic (exact) mass is 398 g/mol. The number of nitrogens with zero attached hydrogens (tertiary/aromatic N) is 3. The molecular formula is C20H19ClN4O3. The molecular weight excluding hydrogens is 380 g/mol. The maximum Gasteiger partial charge on any atom is 0.322 e. The summed E-state index contributed by atoms with van der Waals surface area (Å²) in [6.45, 7) is 0.615. The summed E-state index contributed by atoms with van der Waals surface area (Å²) in [7, 11) is 1.57. The number of ether oxygens (including phenoxy) is 1. The van der Waals surface area contributed by atoms with Crippen LogP contribution in [0.4, 0.5) is 10.5 Å². The minimum Gasteiger partial charge on any atom is -0.495 e. The van der Waals surface area contributed by atoms with Gasteiger partial charge >= 0.3 is 6.03 Å². The Morgan fingerprint density at radius 3 is 2.82 bits per heavy atom. The van der Waals surface area contributed by atoms with Crippen molar-refractivity contribution in [2.45, 2.75) is 18.9 Å². The number of likely N-dealkylation sites (tertiary alicyclic amines) is 1. The van der Waals surface area contributed by atoms with E-state index in [2.05, 4.69) is 15.5 Å². The maximum atomic E-state index is 12.8. The maximum absolute atomic E-state index is 12.8. The second kappa shape index (κ2) is 7.90. The zero-order chi connectivity index (χ0) is 19.5. The van der Waals surface area contributed by atoms with Crippen molar-refractivity contribution in [1.82, 2.24) is 15.0 Å².